The van der Waals surface area contributed by atoms with Crippen molar-refractivity contribution in [3.05, 3.63) is 36.0 Å². The van der Waals surface area contributed by atoms with E-state index in [-0.39, 0.29) is 12.5 Å². The Hall–Kier alpha value is -2.31. The summed E-state index contributed by atoms with van der Waals surface area (Å²) in [4.78, 5) is 11.6. The molecule has 0 bridgehead atoms. The quantitative estimate of drug-likeness (QED) is 0.920. The Balaban J connectivity index is 1.58. The molecule has 1 aromatic heterocycles. The number of carbonyl (C=O) groups is 1. The Morgan fingerprint density at radius 2 is 2.09 bits per heavy atom. The van der Waals surface area contributed by atoms with Gasteiger partial charge < -0.3 is 5.32 Å². The summed E-state index contributed by atoms with van der Waals surface area (Å²) >= 11 is 0. The summed E-state index contributed by atoms with van der Waals surface area (Å²) < 4.78 is 27.3. The van der Waals surface area contributed by atoms with Gasteiger partial charge in [-0.25, -0.2) is 13.5 Å². The van der Waals surface area contributed by atoms with Crippen LogP contribution in [0.25, 0.3) is 11.3 Å². The minimum Gasteiger partial charge on any atom is -0.351 e. The van der Waals surface area contributed by atoms with Crippen LogP contribution in [-0.2, 0) is 11.3 Å². The van der Waals surface area contributed by atoms with Crippen molar-refractivity contribution in [2.45, 2.75) is 38.8 Å². The second-order valence-corrected chi connectivity index (χ2v) is 6.12. The van der Waals surface area contributed by atoms with Gasteiger partial charge in [-0.05, 0) is 13.8 Å². The maximum atomic E-state index is 12.9. The van der Waals surface area contributed by atoms with Gasteiger partial charge in [0.25, 0.3) is 5.92 Å². The molecule has 3 rings (SSSR count). The Morgan fingerprint density at radius 1 is 1.43 bits per heavy atom. The Bertz CT molecular complexity index is 711. The number of carbonyl (C=O) groups excluding carboxylic acids is 1. The van der Waals surface area contributed by atoms with E-state index in [2.05, 4.69) is 15.6 Å². The van der Waals surface area contributed by atoms with Crippen LogP contribution in [0.15, 0.2) is 30.5 Å². The van der Waals surface area contributed by atoms with Crippen molar-refractivity contribution in [1.29, 1.82) is 0 Å². The number of nitrogens with one attached hydrogen (secondary N) is 1. The smallest absolute Gasteiger partial charge is 0.260 e. The van der Waals surface area contributed by atoms with Crippen LogP contribution < -0.4 is 5.32 Å². The first-order chi connectivity index (χ1) is 10.8. The number of hydrogen-bond donors (Lipinski definition) is 1. The average molecular weight is 320 g/mol. The van der Waals surface area contributed by atoms with Gasteiger partial charge in [-0.15, -0.1) is 5.10 Å². The van der Waals surface area contributed by atoms with Crippen LogP contribution in [0.4, 0.5) is 8.78 Å². The number of amides is 1. The number of halogens is 2. The molecule has 0 saturated heterocycles. The molecule has 2 aromatic rings. The molecule has 1 N–H and O–H groups in total. The first-order valence-corrected chi connectivity index (χ1v) is 7.50. The highest BCUT2D eigenvalue weighted by molar-refractivity contribution is 5.83. The third-order valence-electron chi connectivity index (χ3n) is 3.88. The molecule has 1 aromatic carbocycles. The van der Waals surface area contributed by atoms with Crippen LogP contribution in [0.1, 0.15) is 18.9 Å². The van der Waals surface area contributed by atoms with Crippen LogP contribution >= 0.6 is 0 Å². The number of aryl methyl sites for hydroxylation is 1. The zero-order chi connectivity index (χ0) is 16.6. The largest absolute Gasteiger partial charge is 0.351 e. The summed E-state index contributed by atoms with van der Waals surface area (Å²) in [6, 6.07) is 7.61. The molecule has 1 aliphatic rings. The Morgan fingerprint density at radius 3 is 2.70 bits per heavy atom. The van der Waals surface area contributed by atoms with E-state index in [1.807, 2.05) is 31.2 Å². The highest BCUT2D eigenvalue weighted by atomic mass is 19.3. The van der Waals surface area contributed by atoms with Crippen molar-refractivity contribution in [2.75, 3.05) is 0 Å². The maximum absolute atomic E-state index is 12.9. The van der Waals surface area contributed by atoms with Gasteiger partial charge in [-0.2, -0.15) is 0 Å². The van der Waals surface area contributed by atoms with Crippen molar-refractivity contribution in [1.82, 2.24) is 20.3 Å². The molecule has 1 aliphatic carbocycles. The highest BCUT2D eigenvalue weighted by Gasteiger charge is 2.61. The standard InChI is InChI=1S/C16H18F2N4O/c1-10-3-5-12(6-4-10)14-9-22(21-20-14)8-11(2)19-15(23)13-7-16(13,17)18/h3-6,9,11,13H,7-8H2,1-2H3,(H,19,23)/t11-,13+/m0/s1. The molecule has 0 spiro atoms. The fourth-order valence-corrected chi connectivity index (χ4v) is 2.41. The predicted octanol–water partition coefficient (Wildman–Crippen LogP) is 2.41. The number of alkyl halides is 2. The molecule has 1 saturated carbocycles. The van der Waals surface area contributed by atoms with Crippen LogP contribution in [0.2, 0.25) is 0 Å². The fraction of sp³-hybridized carbons (Fsp3) is 0.438. The zero-order valence-corrected chi connectivity index (χ0v) is 13.0. The van der Waals surface area contributed by atoms with Gasteiger partial charge in [0.15, 0.2) is 0 Å². The lowest BCUT2D eigenvalue weighted by Gasteiger charge is -2.13. The summed E-state index contributed by atoms with van der Waals surface area (Å²) in [5.41, 5.74) is 2.85. The Kier molecular flexibility index (Phi) is 3.87. The number of benzene rings is 1. The van der Waals surface area contributed by atoms with Crippen molar-refractivity contribution in [2.24, 2.45) is 5.92 Å². The lowest BCUT2D eigenvalue weighted by Crippen LogP contribution is -2.37. The Labute approximate surface area is 132 Å². The molecule has 0 aliphatic heterocycles. The number of hydrogen-bond acceptors (Lipinski definition) is 3. The minimum absolute atomic E-state index is 0.300. The van der Waals surface area contributed by atoms with E-state index in [0.29, 0.717) is 6.54 Å². The van der Waals surface area contributed by atoms with E-state index >= 15 is 0 Å². The average Bonchev–Trinajstić information content (AvgIpc) is 2.91. The third-order valence-corrected chi connectivity index (χ3v) is 3.88. The second-order valence-electron chi connectivity index (χ2n) is 6.12. The predicted molar refractivity (Wildman–Crippen MR) is 80.9 cm³/mol. The monoisotopic (exact) mass is 320 g/mol. The van der Waals surface area contributed by atoms with Crippen LogP contribution in [0.3, 0.4) is 0 Å². The molecule has 1 amide bonds. The number of aromatic nitrogens is 3. The maximum Gasteiger partial charge on any atom is 0.260 e. The fourth-order valence-electron chi connectivity index (χ4n) is 2.41. The number of rotatable bonds is 5. The van der Waals surface area contributed by atoms with Gasteiger partial charge >= 0.3 is 0 Å². The van der Waals surface area contributed by atoms with Crippen molar-refractivity contribution in [3.8, 4) is 11.3 Å². The van der Waals surface area contributed by atoms with E-state index in [9.17, 15) is 13.6 Å². The molecule has 2 atom stereocenters. The summed E-state index contributed by atoms with van der Waals surface area (Å²) in [7, 11) is 0. The molecule has 5 nitrogen and oxygen atoms in total. The van der Waals surface area contributed by atoms with Crippen LogP contribution in [0.5, 0.6) is 0 Å². The SMILES string of the molecule is Cc1ccc(-c2cn(C[C@H](C)NC(=O)[C@H]3CC3(F)F)nn2)cc1. The van der Waals surface area contributed by atoms with Gasteiger partial charge in [0, 0.05) is 18.0 Å². The summed E-state index contributed by atoms with van der Waals surface area (Å²) in [6.45, 7) is 4.14. The van der Waals surface area contributed by atoms with E-state index in [1.54, 1.807) is 17.8 Å². The second kappa shape index (κ2) is 5.72. The van der Waals surface area contributed by atoms with E-state index in [1.165, 1.54) is 0 Å². The van der Waals surface area contributed by atoms with Gasteiger partial charge in [0.05, 0.1) is 12.7 Å². The summed E-state index contributed by atoms with van der Waals surface area (Å²) in [5.74, 6) is -4.61. The summed E-state index contributed by atoms with van der Waals surface area (Å²) in [6.07, 6.45) is 1.42. The van der Waals surface area contributed by atoms with Crippen molar-refractivity contribution < 1.29 is 13.6 Å². The van der Waals surface area contributed by atoms with Gasteiger partial charge in [-0.3, -0.25) is 4.79 Å². The summed E-state index contributed by atoms with van der Waals surface area (Å²) in [5, 5.41) is 10.7. The lowest BCUT2D eigenvalue weighted by atomic mass is 10.1. The molecule has 0 unspecified atom stereocenters. The van der Waals surface area contributed by atoms with Crippen molar-refractivity contribution in [3.63, 3.8) is 0 Å². The first kappa shape index (κ1) is 15.6. The molecule has 23 heavy (non-hydrogen) atoms. The molecular weight excluding hydrogens is 302 g/mol. The number of nitrogens with zero attached hydrogens (tertiary/aromatic N) is 3. The minimum atomic E-state index is -2.84. The normalized spacial score (nSPS) is 20.1. The zero-order valence-electron chi connectivity index (χ0n) is 13.0. The molecule has 1 fully saturated rings. The molecule has 1 heterocycles. The third kappa shape index (κ3) is 3.55. The van der Waals surface area contributed by atoms with E-state index < -0.39 is 17.7 Å². The van der Waals surface area contributed by atoms with Gasteiger partial charge in [0.1, 0.15) is 11.6 Å². The molecule has 0 radical (unpaired) electrons. The lowest BCUT2D eigenvalue weighted by molar-refractivity contribution is -0.125. The topological polar surface area (TPSA) is 59.8 Å². The molecular formula is C16H18F2N4O. The van der Waals surface area contributed by atoms with Gasteiger partial charge in [-0.1, -0.05) is 35.0 Å². The highest BCUT2D eigenvalue weighted by Crippen LogP contribution is 2.48. The molecule has 122 valence electrons. The van der Waals surface area contributed by atoms with Crippen LogP contribution in [0, 0.1) is 12.8 Å². The van der Waals surface area contributed by atoms with Gasteiger partial charge in [0.2, 0.25) is 5.91 Å². The van der Waals surface area contributed by atoms with E-state index in [0.717, 1.165) is 16.8 Å². The molecule has 7 heteroatoms. The van der Waals surface area contributed by atoms with Crippen LogP contribution in [-0.4, -0.2) is 32.9 Å². The first-order valence-electron chi connectivity index (χ1n) is 7.50. The van der Waals surface area contributed by atoms with E-state index in [4.69, 9.17) is 0 Å². The van der Waals surface area contributed by atoms with Crippen molar-refractivity contribution >= 4 is 5.91 Å².